The van der Waals surface area contributed by atoms with Gasteiger partial charge in [-0.15, -0.1) is 0 Å². The molecule has 0 saturated carbocycles. The van der Waals surface area contributed by atoms with E-state index in [0.29, 0.717) is 12.4 Å². The van der Waals surface area contributed by atoms with Crippen molar-refractivity contribution in [1.82, 2.24) is 0 Å². The van der Waals surface area contributed by atoms with Crippen LogP contribution >= 0.6 is 0 Å². The van der Waals surface area contributed by atoms with Crippen molar-refractivity contribution in [1.29, 1.82) is 0 Å². The van der Waals surface area contributed by atoms with Crippen LogP contribution < -0.4 is 9.46 Å². The fourth-order valence-electron chi connectivity index (χ4n) is 1.99. The summed E-state index contributed by atoms with van der Waals surface area (Å²) >= 11 is 0. The molecule has 0 radical (unpaired) electrons. The first-order valence-electron chi connectivity index (χ1n) is 7.05. The molecule has 0 aliphatic carbocycles. The van der Waals surface area contributed by atoms with E-state index >= 15 is 0 Å². The summed E-state index contributed by atoms with van der Waals surface area (Å²) in [7, 11) is -2.77. The van der Waals surface area contributed by atoms with Gasteiger partial charge in [-0.05, 0) is 43.3 Å². The fourth-order valence-corrected chi connectivity index (χ4v) is 3.05. The van der Waals surface area contributed by atoms with Crippen molar-refractivity contribution in [3.05, 3.63) is 48.0 Å². The molecule has 7 nitrogen and oxygen atoms in total. The molecular weight excluding hydrogens is 334 g/mol. The first kappa shape index (κ1) is 17.6. The highest BCUT2D eigenvalue weighted by atomic mass is 32.2. The number of ether oxygens (including phenoxy) is 2. The van der Waals surface area contributed by atoms with Gasteiger partial charge in [-0.1, -0.05) is 6.07 Å². The van der Waals surface area contributed by atoms with Gasteiger partial charge in [0.2, 0.25) is 0 Å². The minimum absolute atomic E-state index is 0.00572. The maximum absolute atomic E-state index is 12.4. The van der Waals surface area contributed by atoms with Gasteiger partial charge in [0.25, 0.3) is 10.0 Å². The highest BCUT2D eigenvalue weighted by molar-refractivity contribution is 7.92. The predicted octanol–water partition coefficient (Wildman–Crippen LogP) is 2.38. The summed E-state index contributed by atoms with van der Waals surface area (Å²) in [5.74, 6) is -0.722. The van der Waals surface area contributed by atoms with E-state index in [-0.39, 0.29) is 16.1 Å². The number of nitrogens with one attached hydrogen (secondary N) is 1. The molecule has 0 aromatic heterocycles. The van der Waals surface area contributed by atoms with Crippen molar-refractivity contribution >= 4 is 21.7 Å². The van der Waals surface area contributed by atoms with Gasteiger partial charge in [0.05, 0.1) is 24.3 Å². The predicted molar refractivity (Wildman–Crippen MR) is 87.9 cm³/mol. The molecule has 0 unspecified atom stereocenters. The molecule has 24 heavy (non-hydrogen) atoms. The van der Waals surface area contributed by atoms with E-state index < -0.39 is 21.7 Å². The quantitative estimate of drug-likeness (QED) is 0.612. The number of phenolic OH excluding ortho intramolecular Hbond substituents is 1. The first-order chi connectivity index (χ1) is 11.4. The van der Waals surface area contributed by atoms with Gasteiger partial charge in [0, 0.05) is 0 Å². The van der Waals surface area contributed by atoms with Crippen LogP contribution in [0.5, 0.6) is 11.5 Å². The summed E-state index contributed by atoms with van der Waals surface area (Å²) in [6, 6.07) is 9.93. The Kier molecular flexibility index (Phi) is 5.30. The van der Waals surface area contributed by atoms with Gasteiger partial charge in [0.15, 0.2) is 5.75 Å². The number of hydrogen-bond donors (Lipinski definition) is 2. The van der Waals surface area contributed by atoms with E-state index in [2.05, 4.69) is 9.46 Å². The Balaban J connectivity index is 2.31. The van der Waals surface area contributed by atoms with Crippen molar-refractivity contribution in [2.45, 2.75) is 11.8 Å². The van der Waals surface area contributed by atoms with Crippen LogP contribution in [0.2, 0.25) is 0 Å². The molecule has 2 rings (SSSR count). The highest BCUT2D eigenvalue weighted by Gasteiger charge is 2.20. The van der Waals surface area contributed by atoms with Gasteiger partial charge < -0.3 is 14.6 Å². The van der Waals surface area contributed by atoms with Gasteiger partial charge in [0.1, 0.15) is 11.3 Å². The molecule has 128 valence electrons. The Morgan fingerprint density at radius 1 is 1.17 bits per heavy atom. The molecule has 2 aromatic carbocycles. The second-order valence-electron chi connectivity index (χ2n) is 4.70. The number of carbonyl (C=O) groups is 1. The van der Waals surface area contributed by atoms with E-state index in [1.165, 1.54) is 49.6 Å². The Morgan fingerprint density at radius 3 is 2.42 bits per heavy atom. The molecule has 2 N–H and O–H groups in total. The Labute approximate surface area is 139 Å². The highest BCUT2D eigenvalue weighted by Crippen LogP contribution is 2.30. The Morgan fingerprint density at radius 2 is 1.83 bits per heavy atom. The third-order valence-electron chi connectivity index (χ3n) is 3.13. The van der Waals surface area contributed by atoms with E-state index in [9.17, 15) is 18.3 Å². The number of rotatable bonds is 6. The lowest BCUT2D eigenvalue weighted by Crippen LogP contribution is -2.14. The van der Waals surface area contributed by atoms with Crippen LogP contribution in [-0.2, 0) is 14.8 Å². The topological polar surface area (TPSA) is 102 Å². The van der Waals surface area contributed by atoms with Crippen LogP contribution in [0.25, 0.3) is 0 Å². The van der Waals surface area contributed by atoms with Gasteiger partial charge in [-0.3, -0.25) is 4.72 Å². The lowest BCUT2D eigenvalue weighted by atomic mass is 10.2. The molecule has 0 saturated heterocycles. The fraction of sp³-hybridized carbons (Fsp3) is 0.188. The van der Waals surface area contributed by atoms with Crippen molar-refractivity contribution in [3.63, 3.8) is 0 Å². The molecule has 0 aliphatic heterocycles. The van der Waals surface area contributed by atoms with Crippen LogP contribution in [0.1, 0.15) is 17.3 Å². The lowest BCUT2D eigenvalue weighted by molar-refractivity contribution is 0.0597. The van der Waals surface area contributed by atoms with E-state index in [4.69, 9.17) is 4.74 Å². The molecule has 2 aromatic rings. The minimum Gasteiger partial charge on any atom is -0.505 e. The number of hydrogen-bond acceptors (Lipinski definition) is 6. The zero-order valence-electron chi connectivity index (χ0n) is 13.1. The first-order valence-corrected chi connectivity index (χ1v) is 8.53. The number of methoxy groups -OCH3 is 1. The van der Waals surface area contributed by atoms with Crippen LogP contribution in [0.4, 0.5) is 5.69 Å². The zero-order chi connectivity index (χ0) is 17.7. The zero-order valence-corrected chi connectivity index (χ0v) is 14.0. The number of esters is 1. The van der Waals surface area contributed by atoms with Crippen molar-refractivity contribution < 1.29 is 27.8 Å². The smallest absolute Gasteiger partial charge is 0.341 e. The summed E-state index contributed by atoms with van der Waals surface area (Å²) in [6.07, 6.45) is 0. The monoisotopic (exact) mass is 351 g/mol. The van der Waals surface area contributed by atoms with Crippen molar-refractivity contribution in [2.75, 3.05) is 18.4 Å². The van der Waals surface area contributed by atoms with Gasteiger partial charge >= 0.3 is 5.97 Å². The molecule has 0 spiro atoms. The minimum atomic E-state index is -3.93. The lowest BCUT2D eigenvalue weighted by Gasteiger charge is -2.12. The maximum Gasteiger partial charge on any atom is 0.341 e. The third kappa shape index (κ3) is 3.77. The second kappa shape index (κ2) is 7.22. The summed E-state index contributed by atoms with van der Waals surface area (Å²) in [4.78, 5) is 11.5. The largest absolute Gasteiger partial charge is 0.505 e. The van der Waals surface area contributed by atoms with Crippen LogP contribution in [0.3, 0.4) is 0 Å². The number of para-hydroxylation sites is 1. The second-order valence-corrected chi connectivity index (χ2v) is 6.39. The number of phenols is 1. The molecule has 0 heterocycles. The number of carbonyl (C=O) groups excluding carboxylic acids is 1. The third-order valence-corrected chi connectivity index (χ3v) is 4.51. The molecule has 0 atom stereocenters. The number of benzene rings is 2. The summed E-state index contributed by atoms with van der Waals surface area (Å²) in [6.45, 7) is 2.29. The Bertz CT molecular complexity index is 830. The summed E-state index contributed by atoms with van der Waals surface area (Å²) < 4.78 is 36.8. The SMILES string of the molecule is CCOc1ccc(S(=O)(=O)Nc2cccc(C(=O)OC)c2O)cc1. The van der Waals surface area contributed by atoms with Crippen molar-refractivity contribution in [2.24, 2.45) is 0 Å². The molecule has 0 bridgehead atoms. The van der Waals surface area contributed by atoms with E-state index in [1.54, 1.807) is 0 Å². The van der Waals surface area contributed by atoms with Gasteiger partial charge in [-0.25, -0.2) is 13.2 Å². The summed E-state index contributed by atoms with van der Waals surface area (Å²) in [5.41, 5.74) is -0.254. The molecule has 0 fully saturated rings. The van der Waals surface area contributed by atoms with Crippen LogP contribution in [-0.4, -0.2) is 33.2 Å². The van der Waals surface area contributed by atoms with Gasteiger partial charge in [-0.2, -0.15) is 0 Å². The summed E-state index contributed by atoms with van der Waals surface area (Å²) in [5, 5.41) is 10.1. The van der Waals surface area contributed by atoms with Crippen LogP contribution in [0.15, 0.2) is 47.4 Å². The van der Waals surface area contributed by atoms with Crippen molar-refractivity contribution in [3.8, 4) is 11.5 Å². The normalized spacial score (nSPS) is 10.9. The molecule has 0 amide bonds. The van der Waals surface area contributed by atoms with Crippen LogP contribution in [0, 0.1) is 0 Å². The van der Waals surface area contributed by atoms with E-state index in [1.807, 2.05) is 6.92 Å². The average molecular weight is 351 g/mol. The number of aromatic hydroxyl groups is 1. The average Bonchev–Trinajstić information content (AvgIpc) is 2.57. The molecule has 0 aliphatic rings. The number of anilines is 1. The standard InChI is InChI=1S/C16H17NO6S/c1-3-23-11-7-9-12(10-8-11)24(20,21)17-14-6-4-5-13(15(14)18)16(19)22-2/h4-10,17-18H,3H2,1-2H3. The number of sulfonamides is 1. The molecule has 8 heteroatoms. The molecular formula is C16H17NO6S. The maximum atomic E-state index is 12.4. The van der Waals surface area contributed by atoms with E-state index in [0.717, 1.165) is 0 Å². The Hall–Kier alpha value is -2.74.